The van der Waals surface area contributed by atoms with E-state index in [1.54, 1.807) is 24.4 Å². The molecular weight excluding hydrogens is 594 g/mol. The molecule has 8 rings (SSSR count). The third-order valence-corrected chi connectivity index (χ3v) is 10.8. The maximum Gasteiger partial charge on any atom is 0.319 e. The van der Waals surface area contributed by atoms with Crippen LogP contribution in [0, 0.1) is 31.0 Å². The van der Waals surface area contributed by atoms with Crippen molar-refractivity contribution < 1.29 is 16.3 Å². The molecular formula is C35H35ClF2N6O. The van der Waals surface area contributed by atoms with Crippen LogP contribution in [0.3, 0.4) is 0 Å². The molecule has 4 aromatic rings. The molecule has 10 heteroatoms. The summed E-state index contributed by atoms with van der Waals surface area (Å²) < 4.78 is 54.2. The van der Waals surface area contributed by atoms with E-state index in [4.69, 9.17) is 46.2 Å². The van der Waals surface area contributed by atoms with Crippen LogP contribution in [0.15, 0.2) is 30.5 Å². The van der Waals surface area contributed by atoms with Gasteiger partial charge in [-0.1, -0.05) is 18.4 Å². The Kier molecular flexibility index (Phi) is 6.28. The number of ether oxygens (including phenoxy) is 1. The van der Waals surface area contributed by atoms with Crippen molar-refractivity contribution >= 4 is 44.8 Å². The van der Waals surface area contributed by atoms with Crippen molar-refractivity contribution in [2.75, 3.05) is 36.8 Å². The monoisotopic (exact) mass is 630 g/mol. The number of hydrogen-bond acceptors (Lipinski definition) is 7. The number of rotatable bonds is 5. The molecule has 0 bridgehead atoms. The second-order valence-corrected chi connectivity index (χ2v) is 13.4. The molecule has 0 amide bonds. The van der Waals surface area contributed by atoms with Crippen LogP contribution in [0.4, 0.5) is 20.3 Å². The molecule has 0 unspecified atom stereocenters. The average Bonchev–Trinajstić information content (AvgIpc) is 3.39. The summed E-state index contributed by atoms with van der Waals surface area (Å²) in [7, 11) is 0. The SMILES string of the molecule is [2H]C([2H])(Oc1nc(N2CCCC[C@@H]3[C@@H](Cl)[C@@H]32)c2cnc(-c3cc(N)cc4ccc(F)c(C#C)c34)c(C)c2n1)[C@@]12CCCN1C[C@H](F)C2. The first kappa shape index (κ1) is 26.5. The Balaban J connectivity index is 1.32. The van der Waals surface area contributed by atoms with Gasteiger partial charge in [-0.3, -0.25) is 9.88 Å². The number of nitrogens with zero attached hydrogens (tertiary/aromatic N) is 5. The molecule has 2 aromatic carbocycles. The van der Waals surface area contributed by atoms with Gasteiger partial charge in [-0.05, 0) is 68.7 Å². The van der Waals surface area contributed by atoms with Crippen molar-refractivity contribution in [1.29, 1.82) is 0 Å². The molecule has 5 heterocycles. The second kappa shape index (κ2) is 10.7. The normalized spacial score (nSPS) is 28.7. The Morgan fingerprint density at radius 1 is 1.24 bits per heavy atom. The van der Waals surface area contributed by atoms with Crippen molar-refractivity contribution in [2.24, 2.45) is 5.92 Å². The van der Waals surface area contributed by atoms with Gasteiger partial charge in [0.15, 0.2) is 0 Å². The summed E-state index contributed by atoms with van der Waals surface area (Å²) >= 11 is 6.79. The summed E-state index contributed by atoms with van der Waals surface area (Å²) in [5.41, 5.74) is 7.99. The Hall–Kier alpha value is -3.74. The van der Waals surface area contributed by atoms with Gasteiger partial charge in [0, 0.05) is 47.9 Å². The number of aromatic nitrogens is 3. The molecule has 45 heavy (non-hydrogen) atoms. The number of aryl methyl sites for hydroxylation is 1. The number of pyridine rings is 1. The molecule has 2 aromatic heterocycles. The highest BCUT2D eigenvalue weighted by molar-refractivity contribution is 6.24. The number of halogens is 3. The number of alkyl halides is 2. The zero-order chi connectivity index (χ0) is 32.8. The third kappa shape index (κ3) is 4.59. The van der Waals surface area contributed by atoms with Gasteiger partial charge in [0.05, 0.1) is 41.9 Å². The summed E-state index contributed by atoms with van der Waals surface area (Å²) in [5.74, 6) is 2.88. The summed E-state index contributed by atoms with van der Waals surface area (Å²) in [6, 6.07) is 6.38. The Morgan fingerprint density at radius 3 is 2.96 bits per heavy atom. The second-order valence-electron chi connectivity index (χ2n) is 12.9. The number of terminal acetylenes is 1. The Bertz CT molecular complexity index is 1990. The van der Waals surface area contributed by atoms with Gasteiger partial charge in [-0.2, -0.15) is 9.97 Å². The molecule has 2 N–H and O–H groups in total. The number of anilines is 2. The minimum Gasteiger partial charge on any atom is -0.461 e. The molecule has 4 fully saturated rings. The minimum atomic E-state index is -2.27. The molecule has 1 saturated carbocycles. The Labute approximate surface area is 268 Å². The number of hydrogen-bond donors (Lipinski definition) is 1. The number of fused-ring (bicyclic) bond motifs is 4. The highest BCUT2D eigenvalue weighted by Gasteiger charge is 2.54. The smallest absolute Gasteiger partial charge is 0.319 e. The van der Waals surface area contributed by atoms with E-state index in [2.05, 4.69) is 10.8 Å². The van der Waals surface area contributed by atoms with Crippen LogP contribution in [0.1, 0.15) is 52.4 Å². The average molecular weight is 631 g/mol. The predicted octanol–water partition coefficient (Wildman–Crippen LogP) is 6.41. The largest absolute Gasteiger partial charge is 0.461 e. The lowest BCUT2D eigenvalue weighted by Gasteiger charge is -2.31. The standard InChI is InChI=1S/C35H35ClF2N6O/c1-3-23-27(38)9-8-20-13-22(39)14-25(28(20)23)30-19(2)31-26(16-40-30)33(44-12-5-4-7-24-29(36)32(24)44)42-34(41-31)45-18-35-10-6-11-43(35)17-21(37)15-35/h1,8-9,13-14,16,21,24,29,32H,4-7,10-12,15,17-18,39H2,2H3/t21-,24-,29-,32-,35+/m1/s1/i18D2. The van der Waals surface area contributed by atoms with E-state index in [9.17, 15) is 8.78 Å². The lowest BCUT2D eigenvalue weighted by molar-refractivity contribution is 0.107. The quantitative estimate of drug-likeness (QED) is 0.155. The first-order chi connectivity index (χ1) is 22.5. The first-order valence-corrected chi connectivity index (χ1v) is 16.1. The maximum absolute atomic E-state index is 15.0. The fourth-order valence-electron chi connectivity index (χ4n) is 8.01. The lowest BCUT2D eigenvalue weighted by atomic mass is 9.94. The molecule has 0 radical (unpaired) electrons. The van der Waals surface area contributed by atoms with Crippen molar-refractivity contribution in [3.8, 4) is 29.6 Å². The molecule has 3 aliphatic heterocycles. The summed E-state index contributed by atoms with van der Waals surface area (Å²) in [4.78, 5) is 18.6. The van der Waals surface area contributed by atoms with Crippen molar-refractivity contribution in [3.05, 3.63) is 47.4 Å². The van der Waals surface area contributed by atoms with Crippen LogP contribution < -0.4 is 15.4 Å². The maximum atomic E-state index is 15.0. The molecule has 232 valence electrons. The third-order valence-electron chi connectivity index (χ3n) is 10.2. The predicted molar refractivity (Wildman–Crippen MR) is 174 cm³/mol. The van der Waals surface area contributed by atoms with E-state index in [1.165, 1.54) is 6.07 Å². The molecule has 1 aliphatic carbocycles. The van der Waals surface area contributed by atoms with Crippen molar-refractivity contribution in [3.63, 3.8) is 0 Å². The van der Waals surface area contributed by atoms with Gasteiger partial charge in [0.25, 0.3) is 0 Å². The van der Waals surface area contributed by atoms with E-state index >= 15 is 0 Å². The zero-order valence-electron chi connectivity index (χ0n) is 27.0. The van der Waals surface area contributed by atoms with E-state index in [0.717, 1.165) is 32.2 Å². The molecule has 5 atom stereocenters. The van der Waals surface area contributed by atoms with Gasteiger partial charge in [-0.15, -0.1) is 18.0 Å². The van der Waals surface area contributed by atoms with E-state index < -0.39 is 24.1 Å². The number of nitrogen functional groups attached to an aromatic ring is 1. The number of benzene rings is 2. The molecule has 7 nitrogen and oxygen atoms in total. The van der Waals surface area contributed by atoms with Crippen LogP contribution in [-0.2, 0) is 0 Å². The first-order valence-electron chi connectivity index (χ1n) is 16.7. The summed E-state index contributed by atoms with van der Waals surface area (Å²) in [6.07, 6.45) is 10.7. The van der Waals surface area contributed by atoms with Crippen LogP contribution in [0.2, 0.25) is 0 Å². The van der Waals surface area contributed by atoms with Crippen LogP contribution in [0.25, 0.3) is 32.9 Å². The molecule has 0 spiro atoms. The fraction of sp³-hybridized carbons (Fsp3) is 0.457. The fourth-order valence-corrected chi connectivity index (χ4v) is 8.53. The van der Waals surface area contributed by atoms with E-state index in [1.807, 2.05) is 11.8 Å². The van der Waals surface area contributed by atoms with Crippen molar-refractivity contribution in [2.45, 2.75) is 68.6 Å². The summed E-state index contributed by atoms with van der Waals surface area (Å²) in [6.45, 7) is 1.11. The Morgan fingerprint density at radius 2 is 2.11 bits per heavy atom. The molecule has 3 saturated heterocycles. The van der Waals surface area contributed by atoms with Gasteiger partial charge in [-0.25, -0.2) is 8.78 Å². The van der Waals surface area contributed by atoms with Crippen LogP contribution in [-0.4, -0.2) is 69.2 Å². The minimum absolute atomic E-state index is 0.0221. The van der Waals surface area contributed by atoms with Gasteiger partial charge >= 0.3 is 6.01 Å². The van der Waals surface area contributed by atoms with Gasteiger partial charge in [0.1, 0.15) is 24.4 Å². The van der Waals surface area contributed by atoms with E-state index in [-0.39, 0.29) is 36.0 Å². The van der Waals surface area contributed by atoms with Gasteiger partial charge in [0.2, 0.25) is 0 Å². The van der Waals surface area contributed by atoms with Gasteiger partial charge < -0.3 is 15.4 Å². The zero-order valence-corrected chi connectivity index (χ0v) is 25.7. The molecule has 4 aliphatic rings. The van der Waals surface area contributed by atoms with Crippen LogP contribution in [0.5, 0.6) is 6.01 Å². The highest BCUT2D eigenvalue weighted by atomic mass is 35.5. The highest BCUT2D eigenvalue weighted by Crippen LogP contribution is 2.49. The van der Waals surface area contributed by atoms with Crippen LogP contribution >= 0.6 is 11.6 Å². The summed E-state index contributed by atoms with van der Waals surface area (Å²) in [5, 5.41) is 1.83. The topological polar surface area (TPSA) is 80.4 Å². The van der Waals surface area contributed by atoms with Crippen molar-refractivity contribution in [1.82, 2.24) is 19.9 Å². The lowest BCUT2D eigenvalue weighted by Crippen LogP contribution is -2.43. The number of nitrogens with two attached hydrogens (primary N) is 1. The van der Waals surface area contributed by atoms with E-state index in [0.29, 0.717) is 68.9 Å².